The van der Waals surface area contributed by atoms with Crippen LogP contribution < -0.4 is 4.74 Å². The first-order chi connectivity index (χ1) is 17.8. The second-order valence-electron chi connectivity index (χ2n) is 8.01. The first-order valence-electron chi connectivity index (χ1n) is 11.7. The van der Waals surface area contributed by atoms with Crippen LogP contribution in [0.15, 0.2) is 60.7 Å². The second-order valence-corrected chi connectivity index (χ2v) is 8.82. The highest BCUT2D eigenvalue weighted by Gasteiger charge is 2.13. The third-order valence-electron chi connectivity index (χ3n) is 5.60. The number of rotatable bonds is 7. The lowest BCUT2D eigenvalue weighted by atomic mass is 10.0. The largest absolute Gasteiger partial charge is 0.508 e. The minimum atomic E-state index is -0.324. The average molecular weight is 543 g/mol. The van der Waals surface area contributed by atoms with E-state index in [0.717, 1.165) is 32.9 Å². The zero-order valence-corrected chi connectivity index (χ0v) is 22.4. The molecule has 0 saturated heterocycles. The topological polar surface area (TPSA) is 82.1 Å². The molecule has 194 valence electrons. The first kappa shape index (κ1) is 28.1. The standard InChI is InChI=1S/C15H15ClO3.C14H13ClO3/c1-3-19-15(17)9-13-12-8-11(18-2)6-4-10(12)5-7-14(13)16;1-2-18-14(17)8-12-11-7-10(16)5-3-9(11)4-6-13(12)15/h4-8H,3,9H2,1-2H3;3-7,16H,2,8H2,1H3. The number of phenolic OH excluding ortho intramolecular Hbond substituents is 1. The van der Waals surface area contributed by atoms with Gasteiger partial charge in [-0.3, -0.25) is 9.59 Å². The molecule has 0 aliphatic carbocycles. The van der Waals surface area contributed by atoms with Crippen molar-refractivity contribution in [2.45, 2.75) is 26.7 Å². The summed E-state index contributed by atoms with van der Waals surface area (Å²) in [6, 6.07) is 18.0. The monoisotopic (exact) mass is 542 g/mol. The summed E-state index contributed by atoms with van der Waals surface area (Å²) in [4.78, 5) is 23.2. The number of aromatic hydroxyl groups is 1. The van der Waals surface area contributed by atoms with Gasteiger partial charge in [0.25, 0.3) is 0 Å². The fourth-order valence-corrected chi connectivity index (χ4v) is 4.34. The maximum Gasteiger partial charge on any atom is 0.310 e. The molecular formula is C29H28Cl2O6. The Labute approximate surface area is 225 Å². The van der Waals surface area contributed by atoms with Gasteiger partial charge in [-0.15, -0.1) is 0 Å². The third-order valence-corrected chi connectivity index (χ3v) is 6.30. The smallest absolute Gasteiger partial charge is 0.310 e. The minimum absolute atomic E-state index is 0.105. The lowest BCUT2D eigenvalue weighted by molar-refractivity contribution is -0.143. The van der Waals surface area contributed by atoms with Gasteiger partial charge in [-0.2, -0.15) is 0 Å². The maximum atomic E-state index is 11.7. The summed E-state index contributed by atoms with van der Waals surface area (Å²) in [6.07, 6.45) is 0.268. The molecular weight excluding hydrogens is 515 g/mol. The molecule has 0 aliphatic heterocycles. The molecule has 0 atom stereocenters. The third kappa shape index (κ3) is 7.28. The van der Waals surface area contributed by atoms with E-state index in [9.17, 15) is 14.7 Å². The number of methoxy groups -OCH3 is 1. The second kappa shape index (κ2) is 13.2. The molecule has 0 bridgehead atoms. The molecule has 4 aromatic rings. The van der Waals surface area contributed by atoms with Crippen LogP contribution in [0.1, 0.15) is 25.0 Å². The van der Waals surface area contributed by atoms with Gasteiger partial charge in [0.2, 0.25) is 0 Å². The highest BCUT2D eigenvalue weighted by atomic mass is 35.5. The quantitative estimate of drug-likeness (QED) is 0.255. The van der Waals surface area contributed by atoms with Crippen molar-refractivity contribution in [2.24, 2.45) is 0 Å². The summed E-state index contributed by atoms with van der Waals surface area (Å²) in [5.41, 5.74) is 1.46. The summed E-state index contributed by atoms with van der Waals surface area (Å²) in [5, 5.41) is 14.2. The van der Waals surface area contributed by atoms with Gasteiger partial charge in [-0.1, -0.05) is 47.5 Å². The van der Waals surface area contributed by atoms with Crippen molar-refractivity contribution in [3.63, 3.8) is 0 Å². The van der Waals surface area contributed by atoms with Crippen LogP contribution in [0, 0.1) is 0 Å². The Kier molecular flexibility index (Phi) is 10.0. The van der Waals surface area contributed by atoms with Crippen molar-refractivity contribution in [1.82, 2.24) is 0 Å². The zero-order chi connectivity index (χ0) is 26.9. The van der Waals surface area contributed by atoms with Gasteiger partial charge in [-0.25, -0.2) is 0 Å². The Hall–Kier alpha value is -3.48. The molecule has 0 fully saturated rings. The molecule has 0 aromatic heterocycles. The van der Waals surface area contributed by atoms with Crippen LogP contribution in [0.25, 0.3) is 21.5 Å². The van der Waals surface area contributed by atoms with E-state index in [0.29, 0.717) is 28.8 Å². The number of hydrogen-bond donors (Lipinski definition) is 1. The Bertz CT molecular complexity index is 1410. The van der Waals surface area contributed by atoms with Crippen LogP contribution in [-0.4, -0.2) is 37.4 Å². The van der Waals surface area contributed by atoms with Gasteiger partial charge in [0.1, 0.15) is 11.5 Å². The summed E-state index contributed by atoms with van der Waals surface area (Å²) >= 11 is 12.3. The van der Waals surface area contributed by atoms with Crippen LogP contribution in [0.5, 0.6) is 11.5 Å². The van der Waals surface area contributed by atoms with Crippen LogP contribution >= 0.6 is 23.2 Å². The highest BCUT2D eigenvalue weighted by Crippen LogP contribution is 2.31. The van der Waals surface area contributed by atoms with E-state index in [1.165, 1.54) is 0 Å². The summed E-state index contributed by atoms with van der Waals surface area (Å²) in [6.45, 7) is 4.25. The molecule has 0 heterocycles. The van der Waals surface area contributed by atoms with Crippen molar-refractivity contribution in [3.05, 3.63) is 81.8 Å². The molecule has 4 aromatic carbocycles. The van der Waals surface area contributed by atoms with E-state index in [2.05, 4.69) is 0 Å². The molecule has 37 heavy (non-hydrogen) atoms. The van der Waals surface area contributed by atoms with Gasteiger partial charge in [0.05, 0.1) is 33.2 Å². The molecule has 0 saturated carbocycles. The predicted molar refractivity (Wildman–Crippen MR) is 147 cm³/mol. The van der Waals surface area contributed by atoms with E-state index < -0.39 is 0 Å². The van der Waals surface area contributed by atoms with Crippen molar-refractivity contribution < 1.29 is 28.9 Å². The average Bonchev–Trinajstić information content (AvgIpc) is 2.88. The van der Waals surface area contributed by atoms with E-state index in [1.54, 1.807) is 51.3 Å². The Morgan fingerprint density at radius 2 is 1.19 bits per heavy atom. The Balaban J connectivity index is 0.000000206. The van der Waals surface area contributed by atoms with Gasteiger partial charge in [-0.05, 0) is 82.9 Å². The molecule has 6 nitrogen and oxygen atoms in total. The fourth-order valence-electron chi connectivity index (χ4n) is 3.88. The molecule has 0 spiro atoms. The number of hydrogen-bond acceptors (Lipinski definition) is 6. The van der Waals surface area contributed by atoms with Crippen LogP contribution in [0.4, 0.5) is 0 Å². The summed E-state index contributed by atoms with van der Waals surface area (Å²) in [5.74, 6) is 0.282. The molecule has 4 rings (SSSR count). The number of benzene rings is 4. The number of ether oxygens (including phenoxy) is 3. The Morgan fingerprint density at radius 3 is 1.68 bits per heavy atom. The number of esters is 2. The van der Waals surface area contributed by atoms with Crippen molar-refractivity contribution in [3.8, 4) is 11.5 Å². The van der Waals surface area contributed by atoms with E-state index in [4.69, 9.17) is 37.4 Å². The number of carbonyl (C=O) groups excluding carboxylic acids is 2. The predicted octanol–water partition coefficient (Wildman–Crippen LogP) is 6.91. The SMILES string of the molecule is CCOC(=O)Cc1c(Cl)ccc2ccc(O)cc12.CCOC(=O)Cc1c(Cl)ccc2ccc(OC)cc12. The minimum Gasteiger partial charge on any atom is -0.508 e. The van der Waals surface area contributed by atoms with Crippen molar-refractivity contribution in [2.75, 3.05) is 20.3 Å². The van der Waals surface area contributed by atoms with E-state index >= 15 is 0 Å². The maximum absolute atomic E-state index is 11.7. The lowest BCUT2D eigenvalue weighted by Crippen LogP contribution is -2.08. The number of phenols is 1. The number of carbonyl (C=O) groups is 2. The molecule has 0 radical (unpaired) electrons. The number of halogens is 2. The molecule has 0 amide bonds. The molecule has 0 aliphatic rings. The van der Waals surface area contributed by atoms with Gasteiger partial charge in [0, 0.05) is 10.0 Å². The lowest BCUT2D eigenvalue weighted by Gasteiger charge is -2.10. The van der Waals surface area contributed by atoms with Gasteiger partial charge >= 0.3 is 11.9 Å². The first-order valence-corrected chi connectivity index (χ1v) is 12.5. The van der Waals surface area contributed by atoms with Crippen molar-refractivity contribution >= 4 is 56.7 Å². The molecule has 8 heteroatoms. The summed E-state index contributed by atoms with van der Waals surface area (Å²) in [7, 11) is 1.61. The van der Waals surface area contributed by atoms with Crippen molar-refractivity contribution in [1.29, 1.82) is 0 Å². The molecule has 1 N–H and O–H groups in total. The zero-order valence-electron chi connectivity index (χ0n) is 20.8. The number of fused-ring (bicyclic) bond motifs is 2. The van der Waals surface area contributed by atoms with Gasteiger partial charge < -0.3 is 19.3 Å². The van der Waals surface area contributed by atoms with Gasteiger partial charge in [0.15, 0.2) is 0 Å². The Morgan fingerprint density at radius 1 is 0.730 bits per heavy atom. The van der Waals surface area contributed by atoms with E-state index in [-0.39, 0.29) is 30.5 Å². The van der Waals surface area contributed by atoms with E-state index in [1.807, 2.05) is 30.3 Å². The van der Waals surface area contributed by atoms with Crippen LogP contribution in [0.2, 0.25) is 10.0 Å². The van der Waals surface area contributed by atoms with Crippen LogP contribution in [0.3, 0.4) is 0 Å². The normalized spacial score (nSPS) is 10.5. The highest BCUT2D eigenvalue weighted by molar-refractivity contribution is 6.33. The fraction of sp³-hybridized carbons (Fsp3) is 0.241. The van der Waals surface area contributed by atoms with Crippen LogP contribution in [-0.2, 0) is 31.9 Å². The molecule has 0 unspecified atom stereocenters. The summed E-state index contributed by atoms with van der Waals surface area (Å²) < 4.78 is 15.1.